The van der Waals surface area contributed by atoms with Gasteiger partial charge in [-0.3, -0.25) is 4.79 Å². The standard InChI is InChI=1S/C15H16N2OS/c1-12-7-8-16-14(9-12)17-15(18)11-19-10-13-5-3-2-4-6-13/h2-9H,10-11H2,1H3,(H,16,17,18). The molecule has 0 atom stereocenters. The zero-order valence-electron chi connectivity index (χ0n) is 10.8. The SMILES string of the molecule is Cc1ccnc(NC(=O)CSCc2ccccc2)c1. The number of carbonyl (C=O) groups excluding carboxylic acids is 1. The molecule has 0 aliphatic rings. The summed E-state index contributed by atoms with van der Waals surface area (Å²) in [6, 6.07) is 13.9. The molecule has 0 aliphatic heterocycles. The summed E-state index contributed by atoms with van der Waals surface area (Å²) >= 11 is 1.60. The van der Waals surface area contributed by atoms with E-state index >= 15 is 0 Å². The summed E-state index contributed by atoms with van der Waals surface area (Å²) in [5.41, 5.74) is 2.32. The first-order valence-electron chi connectivity index (χ1n) is 6.08. The van der Waals surface area contributed by atoms with Gasteiger partial charge in [0, 0.05) is 11.9 Å². The van der Waals surface area contributed by atoms with Crippen molar-refractivity contribution in [3.05, 3.63) is 59.8 Å². The summed E-state index contributed by atoms with van der Waals surface area (Å²) in [4.78, 5) is 15.8. The molecule has 1 aromatic heterocycles. The van der Waals surface area contributed by atoms with Gasteiger partial charge in [0.05, 0.1) is 5.75 Å². The molecule has 0 aliphatic carbocycles. The highest BCUT2D eigenvalue weighted by atomic mass is 32.2. The Morgan fingerprint density at radius 2 is 2.05 bits per heavy atom. The summed E-state index contributed by atoms with van der Waals surface area (Å²) in [5.74, 6) is 1.88. The number of benzene rings is 1. The molecule has 2 rings (SSSR count). The fourth-order valence-electron chi connectivity index (χ4n) is 1.62. The molecule has 0 spiro atoms. The number of anilines is 1. The summed E-state index contributed by atoms with van der Waals surface area (Å²) in [6.07, 6.45) is 1.70. The van der Waals surface area contributed by atoms with Gasteiger partial charge in [-0.25, -0.2) is 4.98 Å². The van der Waals surface area contributed by atoms with E-state index < -0.39 is 0 Å². The maximum Gasteiger partial charge on any atom is 0.235 e. The van der Waals surface area contributed by atoms with Crippen molar-refractivity contribution in [1.29, 1.82) is 0 Å². The van der Waals surface area contributed by atoms with E-state index in [0.29, 0.717) is 11.6 Å². The predicted molar refractivity (Wildman–Crippen MR) is 80.2 cm³/mol. The average molecular weight is 272 g/mol. The van der Waals surface area contributed by atoms with E-state index in [0.717, 1.165) is 11.3 Å². The molecule has 1 aromatic carbocycles. The lowest BCUT2D eigenvalue weighted by molar-refractivity contribution is -0.113. The number of aryl methyl sites for hydroxylation is 1. The van der Waals surface area contributed by atoms with Gasteiger partial charge in [-0.05, 0) is 30.2 Å². The first-order chi connectivity index (χ1) is 9.24. The molecule has 3 nitrogen and oxygen atoms in total. The van der Waals surface area contributed by atoms with Gasteiger partial charge in [-0.2, -0.15) is 0 Å². The summed E-state index contributed by atoms with van der Waals surface area (Å²) in [5, 5.41) is 2.80. The van der Waals surface area contributed by atoms with Crippen molar-refractivity contribution in [2.75, 3.05) is 11.1 Å². The molecular formula is C15H16N2OS. The van der Waals surface area contributed by atoms with Crippen molar-refractivity contribution in [2.45, 2.75) is 12.7 Å². The lowest BCUT2D eigenvalue weighted by Crippen LogP contribution is -2.15. The van der Waals surface area contributed by atoms with Crippen LogP contribution in [0.3, 0.4) is 0 Å². The number of nitrogens with zero attached hydrogens (tertiary/aromatic N) is 1. The third-order valence-corrected chi connectivity index (χ3v) is 3.53. The van der Waals surface area contributed by atoms with Crippen molar-refractivity contribution in [1.82, 2.24) is 4.98 Å². The Balaban J connectivity index is 1.76. The quantitative estimate of drug-likeness (QED) is 0.908. The Kier molecular flexibility index (Phi) is 4.98. The van der Waals surface area contributed by atoms with E-state index in [1.54, 1.807) is 18.0 Å². The highest BCUT2D eigenvalue weighted by Crippen LogP contribution is 2.12. The minimum absolute atomic E-state index is 0.0148. The third kappa shape index (κ3) is 4.75. The Labute approximate surface area is 117 Å². The van der Waals surface area contributed by atoms with Gasteiger partial charge in [0.15, 0.2) is 0 Å². The largest absolute Gasteiger partial charge is 0.310 e. The zero-order chi connectivity index (χ0) is 13.5. The number of carbonyl (C=O) groups is 1. The second kappa shape index (κ2) is 6.95. The Hall–Kier alpha value is -1.81. The fraction of sp³-hybridized carbons (Fsp3) is 0.200. The van der Waals surface area contributed by atoms with Crippen molar-refractivity contribution >= 4 is 23.5 Å². The molecule has 1 heterocycles. The Morgan fingerprint density at radius 1 is 1.26 bits per heavy atom. The molecule has 1 N–H and O–H groups in total. The maximum absolute atomic E-state index is 11.7. The lowest BCUT2D eigenvalue weighted by Gasteiger charge is -2.05. The molecule has 1 amide bonds. The van der Waals surface area contributed by atoms with Crippen LogP contribution in [-0.4, -0.2) is 16.6 Å². The fourth-order valence-corrected chi connectivity index (χ4v) is 2.41. The Morgan fingerprint density at radius 3 is 2.79 bits per heavy atom. The number of rotatable bonds is 5. The average Bonchev–Trinajstić information content (AvgIpc) is 2.40. The van der Waals surface area contributed by atoms with Crippen molar-refractivity contribution in [2.24, 2.45) is 0 Å². The van der Waals surface area contributed by atoms with Crippen LogP contribution in [0.5, 0.6) is 0 Å². The number of aromatic nitrogens is 1. The number of hydrogen-bond donors (Lipinski definition) is 1. The Bertz CT molecular complexity index is 543. The van der Waals surface area contributed by atoms with Crippen molar-refractivity contribution in [3.8, 4) is 0 Å². The van der Waals surface area contributed by atoms with Crippen LogP contribution in [-0.2, 0) is 10.5 Å². The normalized spacial score (nSPS) is 10.2. The number of hydrogen-bond acceptors (Lipinski definition) is 3. The molecule has 4 heteroatoms. The first-order valence-corrected chi connectivity index (χ1v) is 7.24. The van der Waals surface area contributed by atoms with Crippen LogP contribution in [0, 0.1) is 6.92 Å². The van der Waals surface area contributed by atoms with Crippen LogP contribution in [0.2, 0.25) is 0 Å². The molecule has 0 bridgehead atoms. The lowest BCUT2D eigenvalue weighted by atomic mass is 10.2. The van der Waals surface area contributed by atoms with Crippen LogP contribution in [0.15, 0.2) is 48.7 Å². The van der Waals surface area contributed by atoms with E-state index in [-0.39, 0.29) is 5.91 Å². The smallest absolute Gasteiger partial charge is 0.235 e. The van der Waals surface area contributed by atoms with Gasteiger partial charge in [0.25, 0.3) is 0 Å². The van der Waals surface area contributed by atoms with Crippen molar-refractivity contribution in [3.63, 3.8) is 0 Å². The summed E-state index contributed by atoms with van der Waals surface area (Å²) in [7, 11) is 0. The highest BCUT2D eigenvalue weighted by molar-refractivity contribution is 7.99. The molecule has 0 unspecified atom stereocenters. The van der Waals surface area contributed by atoms with E-state index in [1.165, 1.54) is 5.56 Å². The van der Waals surface area contributed by atoms with Gasteiger partial charge in [0.2, 0.25) is 5.91 Å². The van der Waals surface area contributed by atoms with Gasteiger partial charge in [-0.1, -0.05) is 30.3 Å². The molecule has 19 heavy (non-hydrogen) atoms. The minimum atomic E-state index is -0.0148. The topological polar surface area (TPSA) is 42.0 Å². The molecule has 98 valence electrons. The van der Waals surface area contributed by atoms with Crippen LogP contribution in [0.25, 0.3) is 0 Å². The van der Waals surface area contributed by atoms with E-state index in [2.05, 4.69) is 22.4 Å². The monoisotopic (exact) mass is 272 g/mol. The summed E-state index contributed by atoms with van der Waals surface area (Å²) in [6.45, 7) is 1.97. The molecule has 2 aromatic rings. The van der Waals surface area contributed by atoms with E-state index in [1.807, 2.05) is 37.3 Å². The van der Waals surface area contributed by atoms with Crippen LogP contribution in [0.4, 0.5) is 5.82 Å². The minimum Gasteiger partial charge on any atom is -0.310 e. The first kappa shape index (κ1) is 13.6. The van der Waals surface area contributed by atoms with Crippen molar-refractivity contribution < 1.29 is 4.79 Å². The molecule has 0 saturated carbocycles. The number of nitrogens with one attached hydrogen (secondary N) is 1. The molecule has 0 radical (unpaired) electrons. The van der Waals surface area contributed by atoms with E-state index in [4.69, 9.17) is 0 Å². The van der Waals surface area contributed by atoms with Crippen LogP contribution in [0.1, 0.15) is 11.1 Å². The molecular weight excluding hydrogens is 256 g/mol. The second-order valence-corrected chi connectivity index (χ2v) is 5.23. The predicted octanol–water partition coefficient (Wildman–Crippen LogP) is 3.26. The highest BCUT2D eigenvalue weighted by Gasteiger charge is 2.03. The number of amides is 1. The van der Waals surface area contributed by atoms with E-state index in [9.17, 15) is 4.79 Å². The second-order valence-electron chi connectivity index (χ2n) is 4.25. The van der Waals surface area contributed by atoms with Gasteiger partial charge in [0.1, 0.15) is 5.82 Å². The van der Waals surface area contributed by atoms with Gasteiger partial charge >= 0.3 is 0 Å². The van der Waals surface area contributed by atoms with Gasteiger partial charge in [-0.15, -0.1) is 11.8 Å². The molecule has 0 fully saturated rings. The summed E-state index contributed by atoms with van der Waals surface area (Å²) < 4.78 is 0. The van der Waals surface area contributed by atoms with Crippen LogP contribution >= 0.6 is 11.8 Å². The number of thioether (sulfide) groups is 1. The third-order valence-electron chi connectivity index (χ3n) is 2.53. The number of pyridine rings is 1. The zero-order valence-corrected chi connectivity index (χ0v) is 11.6. The van der Waals surface area contributed by atoms with Crippen LogP contribution < -0.4 is 5.32 Å². The molecule has 0 saturated heterocycles. The maximum atomic E-state index is 11.7. The van der Waals surface area contributed by atoms with Gasteiger partial charge < -0.3 is 5.32 Å².